The highest BCUT2D eigenvalue weighted by molar-refractivity contribution is 7.47. The lowest BCUT2D eigenvalue weighted by Crippen LogP contribution is -2.07. The molecule has 0 fully saturated rings. The van der Waals surface area contributed by atoms with Gasteiger partial charge in [0.05, 0.1) is 9.85 Å². The normalized spacial score (nSPS) is 11.1. The first kappa shape index (κ1) is 17.7. The zero-order valence-electron chi connectivity index (χ0n) is 13.6. The summed E-state index contributed by atoms with van der Waals surface area (Å²) in [6.07, 6.45) is 0. The van der Waals surface area contributed by atoms with Crippen LogP contribution in [0.1, 0.15) is 16.8 Å². The standard InChI is InChI=1S/C19H15N2O4P/c22-20(23)17-12-6-4-10-15(17)19(26-14-8-2-1-3-9-14)16-11-5-7-13-18(16)21(24)25/h1-13,19,26H. The summed E-state index contributed by atoms with van der Waals surface area (Å²) in [5.41, 5.74) is 0.432. The summed E-state index contributed by atoms with van der Waals surface area (Å²) in [7, 11) is 0.120. The minimum absolute atomic E-state index is 0.0286. The van der Waals surface area contributed by atoms with E-state index in [9.17, 15) is 20.2 Å². The number of para-hydroxylation sites is 2. The largest absolute Gasteiger partial charge is 0.273 e. The number of hydrogen-bond acceptors (Lipinski definition) is 4. The molecule has 0 radical (unpaired) electrons. The van der Waals surface area contributed by atoms with Crippen LogP contribution in [0.25, 0.3) is 0 Å². The van der Waals surface area contributed by atoms with Crippen LogP contribution in [0, 0.1) is 20.2 Å². The SMILES string of the molecule is O=[N+]([O-])c1ccccc1C(Pc1ccccc1)c1ccccc1[N+](=O)[O-]. The van der Waals surface area contributed by atoms with E-state index in [1.54, 1.807) is 36.4 Å². The smallest absolute Gasteiger partial charge is 0.258 e. The maximum atomic E-state index is 11.5. The lowest BCUT2D eigenvalue weighted by atomic mass is 10.0. The predicted octanol–water partition coefficient (Wildman–Crippen LogP) is 4.60. The van der Waals surface area contributed by atoms with E-state index < -0.39 is 15.5 Å². The molecule has 0 aromatic heterocycles. The van der Waals surface area contributed by atoms with Gasteiger partial charge < -0.3 is 0 Å². The van der Waals surface area contributed by atoms with Crippen molar-refractivity contribution in [2.24, 2.45) is 0 Å². The zero-order chi connectivity index (χ0) is 18.5. The summed E-state index contributed by atoms with van der Waals surface area (Å²) in [6.45, 7) is 0. The molecule has 0 N–H and O–H groups in total. The molecular formula is C19H15N2O4P. The molecule has 0 saturated carbocycles. The van der Waals surface area contributed by atoms with Crippen LogP contribution in [0.2, 0.25) is 0 Å². The quantitative estimate of drug-likeness (QED) is 0.362. The lowest BCUT2D eigenvalue weighted by Gasteiger charge is -2.18. The summed E-state index contributed by atoms with van der Waals surface area (Å²) >= 11 is 0. The second-order valence-electron chi connectivity index (χ2n) is 5.58. The number of nitrogens with zero attached hydrogens (tertiary/aromatic N) is 2. The van der Waals surface area contributed by atoms with E-state index in [1.165, 1.54) is 12.1 Å². The lowest BCUT2D eigenvalue weighted by molar-refractivity contribution is -0.386. The number of rotatable bonds is 6. The van der Waals surface area contributed by atoms with Crippen molar-refractivity contribution in [1.29, 1.82) is 0 Å². The molecule has 6 nitrogen and oxygen atoms in total. The molecule has 3 aromatic carbocycles. The van der Waals surface area contributed by atoms with Gasteiger partial charge in [0.2, 0.25) is 0 Å². The minimum Gasteiger partial charge on any atom is -0.258 e. The van der Waals surface area contributed by atoms with Gasteiger partial charge in [-0.15, -0.1) is 0 Å². The van der Waals surface area contributed by atoms with Gasteiger partial charge in [0.15, 0.2) is 0 Å². The molecule has 0 bridgehead atoms. The Morgan fingerprint density at radius 3 is 1.54 bits per heavy atom. The van der Waals surface area contributed by atoms with Crippen LogP contribution in [0.4, 0.5) is 11.4 Å². The van der Waals surface area contributed by atoms with E-state index in [2.05, 4.69) is 0 Å². The Hall–Kier alpha value is -3.11. The van der Waals surface area contributed by atoms with E-state index in [0.717, 1.165) is 5.30 Å². The Bertz CT molecular complexity index is 890. The number of nitro groups is 2. The van der Waals surface area contributed by atoms with Crippen LogP contribution < -0.4 is 5.30 Å². The molecular weight excluding hydrogens is 351 g/mol. The van der Waals surface area contributed by atoms with E-state index in [0.29, 0.717) is 11.1 Å². The minimum atomic E-state index is -0.472. The van der Waals surface area contributed by atoms with Crippen molar-refractivity contribution in [2.75, 3.05) is 0 Å². The molecule has 130 valence electrons. The van der Waals surface area contributed by atoms with Crippen LogP contribution in [-0.2, 0) is 0 Å². The molecule has 0 amide bonds. The van der Waals surface area contributed by atoms with Crippen molar-refractivity contribution in [2.45, 2.75) is 5.66 Å². The number of hydrogen-bond donors (Lipinski definition) is 0. The first-order valence-electron chi connectivity index (χ1n) is 7.86. The van der Waals surface area contributed by atoms with Gasteiger partial charge in [-0.1, -0.05) is 75.3 Å². The van der Waals surface area contributed by atoms with Crippen molar-refractivity contribution in [3.05, 3.63) is 110 Å². The van der Waals surface area contributed by atoms with Crippen LogP contribution in [0.5, 0.6) is 0 Å². The van der Waals surface area contributed by atoms with E-state index in [4.69, 9.17) is 0 Å². The van der Waals surface area contributed by atoms with Crippen LogP contribution in [0.15, 0.2) is 78.9 Å². The predicted molar refractivity (Wildman–Crippen MR) is 102 cm³/mol. The zero-order valence-corrected chi connectivity index (χ0v) is 14.6. The average molecular weight is 366 g/mol. The summed E-state index contributed by atoms with van der Waals surface area (Å²) in [5.74, 6) is 0. The van der Waals surface area contributed by atoms with Crippen LogP contribution in [-0.4, -0.2) is 9.85 Å². The highest BCUT2D eigenvalue weighted by Gasteiger charge is 2.28. The molecule has 26 heavy (non-hydrogen) atoms. The molecule has 0 aliphatic heterocycles. The molecule has 0 spiro atoms. The first-order chi connectivity index (χ1) is 12.6. The van der Waals surface area contributed by atoms with Crippen molar-refractivity contribution in [1.82, 2.24) is 0 Å². The molecule has 0 saturated heterocycles. The molecule has 1 unspecified atom stereocenters. The maximum absolute atomic E-state index is 11.5. The molecule has 0 aliphatic rings. The monoisotopic (exact) mass is 366 g/mol. The Morgan fingerprint density at radius 1 is 0.654 bits per heavy atom. The van der Waals surface area contributed by atoms with Gasteiger partial charge in [-0.05, 0) is 5.30 Å². The number of benzene rings is 3. The topological polar surface area (TPSA) is 86.3 Å². The Morgan fingerprint density at radius 2 is 1.08 bits per heavy atom. The van der Waals surface area contributed by atoms with Crippen molar-refractivity contribution >= 4 is 25.3 Å². The molecule has 0 heterocycles. The third kappa shape index (κ3) is 3.76. The summed E-state index contributed by atoms with van der Waals surface area (Å²) < 4.78 is 0. The molecule has 3 rings (SSSR count). The van der Waals surface area contributed by atoms with Crippen molar-refractivity contribution < 1.29 is 9.85 Å². The Labute approximate surface area is 151 Å². The molecule has 1 atom stereocenters. The summed E-state index contributed by atoms with van der Waals surface area (Å²) in [6, 6.07) is 22.4. The van der Waals surface area contributed by atoms with Crippen LogP contribution in [0.3, 0.4) is 0 Å². The second kappa shape index (κ2) is 7.85. The van der Waals surface area contributed by atoms with E-state index >= 15 is 0 Å². The fraction of sp³-hybridized carbons (Fsp3) is 0.0526. The van der Waals surface area contributed by atoms with E-state index in [-0.39, 0.29) is 20.0 Å². The molecule has 7 heteroatoms. The third-order valence-electron chi connectivity index (χ3n) is 3.97. The first-order valence-corrected chi connectivity index (χ1v) is 8.94. The van der Waals surface area contributed by atoms with Gasteiger partial charge in [-0.25, -0.2) is 0 Å². The van der Waals surface area contributed by atoms with Gasteiger partial charge in [-0.2, -0.15) is 0 Å². The van der Waals surface area contributed by atoms with Gasteiger partial charge in [0, 0.05) is 28.9 Å². The molecule has 0 aliphatic carbocycles. The average Bonchev–Trinajstić information content (AvgIpc) is 2.67. The Kier molecular flexibility index (Phi) is 5.34. The Balaban J connectivity index is 2.18. The van der Waals surface area contributed by atoms with Crippen LogP contribution >= 0.6 is 8.58 Å². The second-order valence-corrected chi connectivity index (χ2v) is 7.02. The maximum Gasteiger partial charge on any atom is 0.273 e. The van der Waals surface area contributed by atoms with Gasteiger partial charge >= 0.3 is 0 Å². The summed E-state index contributed by atoms with van der Waals surface area (Å²) in [5, 5.41) is 24.0. The van der Waals surface area contributed by atoms with Crippen molar-refractivity contribution in [3.63, 3.8) is 0 Å². The number of nitro benzene ring substituents is 2. The van der Waals surface area contributed by atoms with E-state index in [1.807, 2.05) is 30.3 Å². The highest BCUT2D eigenvalue weighted by Crippen LogP contribution is 2.46. The third-order valence-corrected chi connectivity index (χ3v) is 5.55. The van der Waals surface area contributed by atoms with Gasteiger partial charge in [0.25, 0.3) is 11.4 Å². The molecule has 3 aromatic rings. The highest BCUT2D eigenvalue weighted by atomic mass is 31.1. The fourth-order valence-corrected chi connectivity index (χ4v) is 4.34. The van der Waals surface area contributed by atoms with Crippen molar-refractivity contribution in [3.8, 4) is 0 Å². The fourth-order valence-electron chi connectivity index (χ4n) is 2.82. The van der Waals surface area contributed by atoms with Gasteiger partial charge in [-0.3, -0.25) is 20.2 Å². The summed E-state index contributed by atoms with van der Waals surface area (Å²) in [4.78, 5) is 22.1. The van der Waals surface area contributed by atoms with Gasteiger partial charge in [0.1, 0.15) is 0 Å².